The Morgan fingerprint density at radius 2 is 2.07 bits per heavy atom. The Bertz CT molecular complexity index is 1050. The van der Waals surface area contributed by atoms with E-state index in [1.165, 1.54) is 11.3 Å². The van der Waals surface area contributed by atoms with E-state index < -0.39 is 0 Å². The monoisotopic (exact) mass is 379 g/mol. The molecule has 0 fully saturated rings. The molecule has 0 spiro atoms. The summed E-state index contributed by atoms with van der Waals surface area (Å²) in [7, 11) is 0. The minimum absolute atomic E-state index is 0.0397. The van der Waals surface area contributed by atoms with Gasteiger partial charge in [-0.1, -0.05) is 18.2 Å². The van der Waals surface area contributed by atoms with Crippen molar-refractivity contribution in [2.75, 3.05) is 0 Å². The standard InChI is InChI=1S/C21H21N3O2S/c1-14(10-11-17-9-6-12-26-17)22-20(25)19-13-18-15(2)23-24(21(18)27-19)16-7-4-3-5-8-16/h3-9,12-14H,10-11H2,1-2H3,(H,22,25). The Balaban J connectivity index is 1.51. The minimum atomic E-state index is -0.0397. The third-order valence-electron chi connectivity index (χ3n) is 4.55. The molecule has 1 unspecified atom stereocenters. The summed E-state index contributed by atoms with van der Waals surface area (Å²) >= 11 is 1.48. The maximum Gasteiger partial charge on any atom is 0.261 e. The van der Waals surface area contributed by atoms with E-state index in [0.29, 0.717) is 4.88 Å². The Morgan fingerprint density at radius 3 is 2.81 bits per heavy atom. The number of hydrogen-bond acceptors (Lipinski definition) is 4. The number of furan rings is 1. The molecule has 3 heterocycles. The zero-order chi connectivity index (χ0) is 18.8. The van der Waals surface area contributed by atoms with Crippen LogP contribution in [0.2, 0.25) is 0 Å². The van der Waals surface area contributed by atoms with E-state index in [1.807, 2.05) is 67.1 Å². The third-order valence-corrected chi connectivity index (χ3v) is 5.66. The highest BCUT2D eigenvalue weighted by atomic mass is 32.1. The SMILES string of the molecule is Cc1nn(-c2ccccc2)c2sc(C(=O)NC(C)CCc3ccco3)cc12. The number of para-hydroxylation sites is 1. The van der Waals surface area contributed by atoms with Crippen molar-refractivity contribution >= 4 is 27.5 Å². The number of rotatable bonds is 6. The molecule has 0 aliphatic rings. The van der Waals surface area contributed by atoms with Crippen LogP contribution >= 0.6 is 11.3 Å². The first kappa shape index (κ1) is 17.5. The zero-order valence-electron chi connectivity index (χ0n) is 15.3. The van der Waals surface area contributed by atoms with Crippen molar-refractivity contribution in [1.82, 2.24) is 15.1 Å². The molecule has 4 aromatic rings. The second kappa shape index (κ2) is 7.40. The number of amides is 1. The second-order valence-corrected chi connectivity index (χ2v) is 7.69. The number of carbonyl (C=O) groups excluding carboxylic acids is 1. The smallest absolute Gasteiger partial charge is 0.261 e. The van der Waals surface area contributed by atoms with Gasteiger partial charge in [-0.2, -0.15) is 5.10 Å². The summed E-state index contributed by atoms with van der Waals surface area (Å²) < 4.78 is 7.26. The highest BCUT2D eigenvalue weighted by Crippen LogP contribution is 2.30. The number of hydrogen-bond donors (Lipinski definition) is 1. The highest BCUT2D eigenvalue weighted by molar-refractivity contribution is 7.20. The summed E-state index contributed by atoms with van der Waals surface area (Å²) in [6.07, 6.45) is 3.32. The van der Waals surface area contributed by atoms with Gasteiger partial charge in [0.25, 0.3) is 5.91 Å². The lowest BCUT2D eigenvalue weighted by molar-refractivity contribution is 0.0942. The fourth-order valence-electron chi connectivity index (χ4n) is 3.08. The van der Waals surface area contributed by atoms with Crippen molar-refractivity contribution in [3.8, 4) is 5.69 Å². The fourth-order valence-corrected chi connectivity index (χ4v) is 4.17. The first-order chi connectivity index (χ1) is 13.1. The van der Waals surface area contributed by atoms with Crippen molar-refractivity contribution in [2.45, 2.75) is 32.7 Å². The van der Waals surface area contributed by atoms with E-state index in [2.05, 4.69) is 10.4 Å². The Kier molecular flexibility index (Phi) is 4.81. The van der Waals surface area contributed by atoms with Gasteiger partial charge in [-0.15, -0.1) is 11.3 Å². The van der Waals surface area contributed by atoms with E-state index in [0.717, 1.165) is 40.2 Å². The van der Waals surface area contributed by atoms with Gasteiger partial charge in [0, 0.05) is 17.8 Å². The summed E-state index contributed by atoms with van der Waals surface area (Å²) in [4.78, 5) is 14.4. The molecule has 1 amide bonds. The van der Waals surface area contributed by atoms with Gasteiger partial charge in [-0.25, -0.2) is 4.68 Å². The van der Waals surface area contributed by atoms with Crippen LogP contribution in [-0.2, 0) is 6.42 Å². The summed E-state index contributed by atoms with van der Waals surface area (Å²) in [5, 5.41) is 8.74. The summed E-state index contributed by atoms with van der Waals surface area (Å²) in [5.41, 5.74) is 1.92. The molecule has 5 nitrogen and oxygen atoms in total. The molecule has 4 rings (SSSR count). The van der Waals surface area contributed by atoms with E-state index in [9.17, 15) is 4.79 Å². The van der Waals surface area contributed by atoms with Crippen LogP contribution in [0.3, 0.4) is 0 Å². The number of thiophene rings is 1. The average molecular weight is 379 g/mol. The maximum absolute atomic E-state index is 12.7. The van der Waals surface area contributed by atoms with Crippen molar-refractivity contribution in [3.63, 3.8) is 0 Å². The van der Waals surface area contributed by atoms with Crippen LogP contribution in [0.5, 0.6) is 0 Å². The molecular weight excluding hydrogens is 358 g/mol. The van der Waals surface area contributed by atoms with Crippen LogP contribution in [0.25, 0.3) is 15.9 Å². The largest absolute Gasteiger partial charge is 0.469 e. The van der Waals surface area contributed by atoms with E-state index in [-0.39, 0.29) is 11.9 Å². The van der Waals surface area contributed by atoms with Crippen molar-refractivity contribution in [2.24, 2.45) is 0 Å². The molecule has 138 valence electrons. The quantitative estimate of drug-likeness (QED) is 0.526. The highest BCUT2D eigenvalue weighted by Gasteiger charge is 2.18. The third kappa shape index (κ3) is 3.66. The number of aryl methyl sites for hydroxylation is 2. The number of nitrogens with one attached hydrogen (secondary N) is 1. The van der Waals surface area contributed by atoms with E-state index in [4.69, 9.17) is 4.42 Å². The van der Waals surface area contributed by atoms with Gasteiger partial charge in [-0.05, 0) is 50.6 Å². The molecule has 27 heavy (non-hydrogen) atoms. The Hall–Kier alpha value is -2.86. The molecule has 0 radical (unpaired) electrons. The molecule has 0 aliphatic carbocycles. The first-order valence-corrected chi connectivity index (χ1v) is 9.81. The van der Waals surface area contributed by atoms with Crippen molar-refractivity contribution in [1.29, 1.82) is 0 Å². The van der Waals surface area contributed by atoms with E-state index in [1.54, 1.807) is 6.26 Å². The first-order valence-electron chi connectivity index (χ1n) is 8.99. The van der Waals surface area contributed by atoms with Gasteiger partial charge in [0.15, 0.2) is 0 Å². The number of benzene rings is 1. The molecule has 1 aromatic carbocycles. The van der Waals surface area contributed by atoms with Crippen LogP contribution in [0.4, 0.5) is 0 Å². The molecule has 0 aliphatic heterocycles. The molecule has 3 aromatic heterocycles. The molecule has 6 heteroatoms. The van der Waals surface area contributed by atoms with Crippen molar-refractivity contribution < 1.29 is 9.21 Å². The number of carbonyl (C=O) groups is 1. The van der Waals surface area contributed by atoms with Crippen LogP contribution in [0.1, 0.15) is 34.5 Å². The normalized spacial score (nSPS) is 12.4. The average Bonchev–Trinajstić information content (AvgIpc) is 3.39. The van der Waals surface area contributed by atoms with Crippen LogP contribution < -0.4 is 5.32 Å². The van der Waals surface area contributed by atoms with Crippen LogP contribution in [-0.4, -0.2) is 21.7 Å². The van der Waals surface area contributed by atoms with Gasteiger partial charge in [0.05, 0.1) is 22.5 Å². The number of nitrogens with zero attached hydrogens (tertiary/aromatic N) is 2. The lowest BCUT2D eigenvalue weighted by atomic mass is 10.1. The summed E-state index contributed by atoms with van der Waals surface area (Å²) in [5.74, 6) is 0.902. The van der Waals surface area contributed by atoms with Gasteiger partial charge in [0.1, 0.15) is 10.6 Å². The summed E-state index contributed by atoms with van der Waals surface area (Å²) in [6, 6.07) is 15.8. The molecular formula is C21H21N3O2S. The minimum Gasteiger partial charge on any atom is -0.469 e. The van der Waals surface area contributed by atoms with Gasteiger partial charge < -0.3 is 9.73 Å². The summed E-state index contributed by atoms with van der Waals surface area (Å²) in [6.45, 7) is 3.99. The van der Waals surface area contributed by atoms with E-state index >= 15 is 0 Å². The number of aromatic nitrogens is 2. The lowest BCUT2D eigenvalue weighted by Crippen LogP contribution is -2.32. The maximum atomic E-state index is 12.7. The predicted molar refractivity (Wildman–Crippen MR) is 108 cm³/mol. The molecule has 1 atom stereocenters. The molecule has 0 bridgehead atoms. The van der Waals surface area contributed by atoms with Crippen LogP contribution in [0, 0.1) is 6.92 Å². The second-order valence-electron chi connectivity index (χ2n) is 6.65. The molecule has 1 N–H and O–H groups in total. The topological polar surface area (TPSA) is 60.1 Å². The zero-order valence-corrected chi connectivity index (χ0v) is 16.1. The Morgan fingerprint density at radius 1 is 1.26 bits per heavy atom. The van der Waals surface area contributed by atoms with Gasteiger partial charge in [-0.3, -0.25) is 4.79 Å². The molecule has 0 saturated heterocycles. The Labute approximate surface area is 161 Å². The number of fused-ring (bicyclic) bond motifs is 1. The lowest BCUT2D eigenvalue weighted by Gasteiger charge is -2.12. The van der Waals surface area contributed by atoms with Gasteiger partial charge in [0.2, 0.25) is 0 Å². The van der Waals surface area contributed by atoms with Gasteiger partial charge >= 0.3 is 0 Å². The van der Waals surface area contributed by atoms with Crippen molar-refractivity contribution in [3.05, 3.63) is 71.1 Å². The fraction of sp³-hybridized carbons (Fsp3) is 0.238. The molecule has 0 saturated carbocycles. The predicted octanol–water partition coefficient (Wildman–Crippen LogP) is 4.74. The van der Waals surface area contributed by atoms with Crippen LogP contribution in [0.15, 0.2) is 59.2 Å².